The number of hydrogen-bond acceptors (Lipinski definition) is 3. The minimum Gasteiger partial charge on any atom is -0.501 e. The first kappa shape index (κ1) is 40.6. The Morgan fingerprint density at radius 3 is 2.05 bits per heavy atom. The molecule has 0 amide bonds. The normalized spacial score (nSPS) is 13.5. The second-order valence-electron chi connectivity index (χ2n) is 17.3. The Kier molecular flexibility index (Phi) is 11.9. The molecule has 5 aromatic carbocycles. The average molecular weight is 947 g/mol. The molecular formula is C51H55IrN3OSi-2. The second-order valence-corrected chi connectivity index (χ2v) is 22.4. The first-order valence-electron chi connectivity index (χ1n) is 20.4. The van der Waals surface area contributed by atoms with Crippen molar-refractivity contribution in [1.29, 1.82) is 0 Å². The Hall–Kier alpha value is -4.61. The van der Waals surface area contributed by atoms with Crippen molar-refractivity contribution < 1.29 is 26.2 Å². The van der Waals surface area contributed by atoms with E-state index in [1.807, 2.05) is 56.4 Å². The molecule has 4 nitrogen and oxygen atoms in total. The van der Waals surface area contributed by atoms with Crippen LogP contribution >= 0.6 is 0 Å². The number of ether oxygens (including phenoxy) is 1. The Balaban J connectivity index is 0.000000230. The number of hydrogen-bond donors (Lipinski definition) is 0. The quantitative estimate of drug-likeness (QED) is 0.118. The Morgan fingerprint density at radius 2 is 1.40 bits per heavy atom. The Bertz CT molecular complexity index is 2540. The number of fused-ring (bicyclic) bond motifs is 3. The van der Waals surface area contributed by atoms with Crippen molar-refractivity contribution in [3.05, 3.63) is 155 Å². The third-order valence-corrected chi connectivity index (χ3v) is 13.0. The van der Waals surface area contributed by atoms with Crippen molar-refractivity contribution in [1.82, 2.24) is 14.5 Å². The Morgan fingerprint density at radius 1 is 0.737 bits per heavy atom. The summed E-state index contributed by atoms with van der Waals surface area (Å²) in [5.41, 5.74) is 11.9. The minimum absolute atomic E-state index is 0. The fourth-order valence-corrected chi connectivity index (χ4v) is 9.51. The van der Waals surface area contributed by atoms with Gasteiger partial charge in [-0.1, -0.05) is 146 Å². The summed E-state index contributed by atoms with van der Waals surface area (Å²) in [6.45, 7) is 24.4. The van der Waals surface area contributed by atoms with Crippen molar-refractivity contribution >= 4 is 24.3 Å². The van der Waals surface area contributed by atoms with E-state index in [-0.39, 0.29) is 25.5 Å². The number of imidazole rings is 1. The van der Waals surface area contributed by atoms with Crippen LogP contribution < -0.4 is 9.92 Å². The first-order valence-corrected chi connectivity index (χ1v) is 23.4. The second kappa shape index (κ2) is 16.7. The zero-order valence-electron chi connectivity index (χ0n) is 36.2. The monoisotopic (exact) mass is 947 g/mol. The topological polar surface area (TPSA) is 39.9 Å². The fraction of sp³-hybridized carbons (Fsp3) is 0.294. The van der Waals surface area contributed by atoms with Crippen LogP contribution in [0.4, 0.5) is 0 Å². The SMILES string of the molecule is CC(C)c1cccc(C(C)C)c1-n1c(-c2[c-]ccc3c2Oc2ccccc2C3(C)C)nc2ccccc21.[2H]C(C)(C)c1cc(-c2[c-]cccc2)ncc1[Si](C)(C)C.[Ir]. The van der Waals surface area contributed by atoms with Crippen molar-refractivity contribution in [2.45, 2.75) is 98.2 Å². The summed E-state index contributed by atoms with van der Waals surface area (Å²) in [6, 6.07) is 44.3. The molecule has 6 heteroatoms. The summed E-state index contributed by atoms with van der Waals surface area (Å²) in [5, 5.41) is 1.28. The molecule has 0 fully saturated rings. The van der Waals surface area contributed by atoms with Crippen LogP contribution in [-0.4, -0.2) is 22.6 Å². The molecule has 0 aliphatic carbocycles. The van der Waals surface area contributed by atoms with Crippen LogP contribution in [0.5, 0.6) is 11.5 Å². The smallest absolute Gasteiger partial charge is 0.118 e. The third kappa shape index (κ3) is 8.10. The van der Waals surface area contributed by atoms with Gasteiger partial charge in [0.2, 0.25) is 0 Å². The summed E-state index contributed by atoms with van der Waals surface area (Å²) in [4.78, 5) is 9.83. The molecule has 0 bridgehead atoms. The van der Waals surface area contributed by atoms with Gasteiger partial charge in [0.15, 0.2) is 0 Å². The molecular weight excluding hydrogens is 891 g/mol. The number of benzene rings is 5. The van der Waals surface area contributed by atoms with Gasteiger partial charge in [-0.05, 0) is 57.9 Å². The van der Waals surface area contributed by atoms with Crippen LogP contribution in [0.15, 0.2) is 115 Å². The molecule has 1 aliphatic rings. The van der Waals surface area contributed by atoms with E-state index in [4.69, 9.17) is 11.1 Å². The van der Waals surface area contributed by atoms with Gasteiger partial charge in [0.05, 0.1) is 24.9 Å². The summed E-state index contributed by atoms with van der Waals surface area (Å²) >= 11 is 0. The number of para-hydroxylation sites is 4. The maximum absolute atomic E-state index is 8.44. The average Bonchev–Trinajstić information content (AvgIpc) is 3.56. The van der Waals surface area contributed by atoms with E-state index in [0.717, 1.165) is 56.3 Å². The molecule has 0 atom stereocenters. The molecule has 1 radical (unpaired) electrons. The van der Waals surface area contributed by atoms with E-state index in [9.17, 15) is 0 Å². The van der Waals surface area contributed by atoms with Gasteiger partial charge in [-0.25, -0.2) is 0 Å². The number of rotatable bonds is 7. The summed E-state index contributed by atoms with van der Waals surface area (Å²) in [6.07, 6.45) is 1.98. The zero-order chi connectivity index (χ0) is 40.9. The van der Waals surface area contributed by atoms with Crippen LogP contribution in [0.3, 0.4) is 0 Å². The van der Waals surface area contributed by atoms with Crippen molar-refractivity contribution in [3.8, 4) is 39.8 Å². The molecule has 7 aromatic rings. The van der Waals surface area contributed by atoms with Gasteiger partial charge in [-0.15, -0.1) is 54.1 Å². The molecule has 8 rings (SSSR count). The fourth-order valence-electron chi connectivity index (χ4n) is 7.93. The number of nitrogens with zero attached hydrogens (tertiary/aromatic N) is 3. The van der Waals surface area contributed by atoms with E-state index in [1.165, 1.54) is 27.6 Å². The Labute approximate surface area is 356 Å². The largest absolute Gasteiger partial charge is 0.501 e. The van der Waals surface area contributed by atoms with Crippen LogP contribution in [0.25, 0.3) is 39.4 Å². The van der Waals surface area contributed by atoms with Crippen molar-refractivity contribution in [2.24, 2.45) is 0 Å². The van der Waals surface area contributed by atoms with E-state index in [2.05, 4.69) is 156 Å². The zero-order valence-corrected chi connectivity index (χ0v) is 38.6. The minimum atomic E-state index is -1.50. The molecule has 0 saturated carbocycles. The molecule has 0 unspecified atom stereocenters. The van der Waals surface area contributed by atoms with Crippen LogP contribution in [0.2, 0.25) is 19.6 Å². The first-order chi connectivity index (χ1) is 27.0. The standard InChI is InChI=1S/C34H33N2O.C17H22NSi.Ir/c1-21(2)23-13-11-14-24(22(3)4)31(23)36-29-19-9-8-18-28(29)35-33(36)25-15-12-17-27-32(25)37-30-20-10-7-16-26(30)34(27,5)6;1-13(2)15-11-16(14-9-7-6-8-10-14)18-12-17(15)19(3,4)5;/h7-14,16-22H,1-6H3;6-9,11-13H,1-5H3;/q2*-1;/i;13D;. The molecule has 3 heterocycles. The molecule has 295 valence electrons. The van der Waals surface area contributed by atoms with Gasteiger partial charge in [-0.2, -0.15) is 0 Å². The number of aromatic nitrogens is 3. The van der Waals surface area contributed by atoms with E-state index < -0.39 is 14.0 Å². The molecule has 57 heavy (non-hydrogen) atoms. The maximum atomic E-state index is 8.44. The summed E-state index contributed by atoms with van der Waals surface area (Å²) in [7, 11) is -1.50. The van der Waals surface area contributed by atoms with E-state index in [0.29, 0.717) is 11.8 Å². The van der Waals surface area contributed by atoms with Crippen molar-refractivity contribution in [2.75, 3.05) is 0 Å². The van der Waals surface area contributed by atoms with Crippen LogP contribution in [0, 0.1) is 12.1 Å². The van der Waals surface area contributed by atoms with Gasteiger partial charge in [0, 0.05) is 50.1 Å². The van der Waals surface area contributed by atoms with Gasteiger partial charge >= 0.3 is 0 Å². The van der Waals surface area contributed by atoms with Gasteiger partial charge in [0.25, 0.3) is 0 Å². The van der Waals surface area contributed by atoms with Gasteiger partial charge in [-0.3, -0.25) is 4.98 Å². The molecule has 0 spiro atoms. The van der Waals surface area contributed by atoms with Gasteiger partial charge in [0.1, 0.15) is 5.75 Å². The molecule has 0 N–H and O–H groups in total. The predicted molar refractivity (Wildman–Crippen MR) is 238 cm³/mol. The van der Waals surface area contributed by atoms with Crippen LogP contribution in [0.1, 0.15) is 102 Å². The van der Waals surface area contributed by atoms with E-state index in [1.54, 1.807) is 0 Å². The number of pyridine rings is 1. The van der Waals surface area contributed by atoms with E-state index >= 15 is 0 Å². The van der Waals surface area contributed by atoms with Gasteiger partial charge < -0.3 is 14.3 Å². The predicted octanol–water partition coefficient (Wildman–Crippen LogP) is 13.4. The third-order valence-electron chi connectivity index (χ3n) is 11.0. The van der Waals surface area contributed by atoms with Crippen LogP contribution in [-0.2, 0) is 25.5 Å². The van der Waals surface area contributed by atoms with Crippen molar-refractivity contribution in [3.63, 3.8) is 0 Å². The summed E-state index contributed by atoms with van der Waals surface area (Å²) < 4.78 is 17.4. The molecule has 0 saturated heterocycles. The molecule has 2 aromatic heterocycles. The summed E-state index contributed by atoms with van der Waals surface area (Å²) in [5.74, 6) is 2.71. The molecule has 1 aliphatic heterocycles. The maximum Gasteiger partial charge on any atom is 0.118 e.